The fraction of sp³-hybridized carbons (Fsp3) is 0.500. The summed E-state index contributed by atoms with van der Waals surface area (Å²) in [6, 6.07) is 1.97. The summed E-state index contributed by atoms with van der Waals surface area (Å²) >= 11 is 1.09. The molecule has 2 aromatic rings. The number of aromatic nitrogens is 4. The summed E-state index contributed by atoms with van der Waals surface area (Å²) in [5.74, 6) is 1.08. The van der Waals surface area contributed by atoms with Gasteiger partial charge in [0.25, 0.3) is 5.91 Å². The Morgan fingerprint density at radius 3 is 2.95 bits per heavy atom. The van der Waals surface area contributed by atoms with Crippen molar-refractivity contribution in [2.75, 3.05) is 5.32 Å². The van der Waals surface area contributed by atoms with Crippen LogP contribution in [0.3, 0.4) is 0 Å². The number of nitrogens with one attached hydrogen (secondary N) is 1. The molecule has 0 spiro atoms. The van der Waals surface area contributed by atoms with Gasteiger partial charge in [0.2, 0.25) is 0 Å². The van der Waals surface area contributed by atoms with Gasteiger partial charge in [-0.1, -0.05) is 17.3 Å². The van der Waals surface area contributed by atoms with Gasteiger partial charge in [0, 0.05) is 19.0 Å². The molecule has 1 N–H and O–H groups in total. The van der Waals surface area contributed by atoms with Crippen molar-refractivity contribution in [3.8, 4) is 0 Å². The predicted octanol–water partition coefficient (Wildman–Crippen LogP) is 2.18. The second-order valence-electron chi connectivity index (χ2n) is 4.80. The Balaban J connectivity index is 1.76. The number of hydrogen-bond acceptors (Lipinski definition) is 5. The quantitative estimate of drug-likeness (QED) is 0.933. The zero-order valence-electron chi connectivity index (χ0n) is 10.7. The fourth-order valence-corrected chi connectivity index (χ4v) is 2.88. The molecule has 1 amide bonds. The van der Waals surface area contributed by atoms with Crippen LogP contribution in [0, 0.1) is 0 Å². The number of carbonyl (C=O) groups is 1. The van der Waals surface area contributed by atoms with Crippen LogP contribution in [0.15, 0.2) is 12.3 Å². The molecule has 0 aromatic carbocycles. The first-order chi connectivity index (χ1) is 9.24. The molecule has 0 saturated heterocycles. The van der Waals surface area contributed by atoms with E-state index < -0.39 is 0 Å². The minimum Gasteiger partial charge on any atom is -0.306 e. The monoisotopic (exact) mass is 277 g/mol. The van der Waals surface area contributed by atoms with Gasteiger partial charge in [-0.25, -0.2) is 0 Å². The van der Waals surface area contributed by atoms with E-state index in [1.807, 2.05) is 13.1 Å². The van der Waals surface area contributed by atoms with Gasteiger partial charge in [0.1, 0.15) is 10.7 Å². The number of nitrogens with zero attached hydrogens (tertiary/aromatic N) is 4. The molecular weight excluding hydrogens is 262 g/mol. The molecule has 3 rings (SSSR count). The van der Waals surface area contributed by atoms with Crippen LogP contribution in [-0.2, 0) is 7.05 Å². The Kier molecular flexibility index (Phi) is 3.29. The topological polar surface area (TPSA) is 72.7 Å². The Labute approximate surface area is 115 Å². The molecule has 1 saturated carbocycles. The highest BCUT2D eigenvalue weighted by Gasteiger charge is 2.21. The first-order valence-electron chi connectivity index (χ1n) is 6.36. The highest BCUT2D eigenvalue weighted by Crippen LogP contribution is 2.34. The zero-order chi connectivity index (χ0) is 13.2. The first kappa shape index (κ1) is 12.3. The van der Waals surface area contributed by atoms with Crippen LogP contribution in [-0.4, -0.2) is 25.3 Å². The van der Waals surface area contributed by atoms with Crippen LogP contribution >= 0.6 is 11.5 Å². The molecule has 1 aliphatic rings. The summed E-state index contributed by atoms with van der Waals surface area (Å²) in [5, 5.41) is 11.0. The summed E-state index contributed by atoms with van der Waals surface area (Å²) in [5.41, 5.74) is 1.08. The molecule has 100 valence electrons. The summed E-state index contributed by atoms with van der Waals surface area (Å²) < 4.78 is 5.41. The number of anilines is 1. The first-order valence-corrected chi connectivity index (χ1v) is 7.14. The van der Waals surface area contributed by atoms with Crippen molar-refractivity contribution in [3.05, 3.63) is 22.8 Å². The van der Waals surface area contributed by atoms with Crippen molar-refractivity contribution in [2.45, 2.75) is 31.6 Å². The summed E-state index contributed by atoms with van der Waals surface area (Å²) in [4.78, 5) is 12.4. The van der Waals surface area contributed by atoms with Gasteiger partial charge >= 0.3 is 0 Å². The molecule has 19 heavy (non-hydrogen) atoms. The molecule has 2 heterocycles. The van der Waals surface area contributed by atoms with Gasteiger partial charge in [-0.2, -0.15) is 5.10 Å². The average Bonchev–Trinajstić information content (AvgIpc) is 3.09. The van der Waals surface area contributed by atoms with E-state index in [4.69, 9.17) is 0 Å². The Hall–Kier alpha value is -1.76. The second-order valence-corrected chi connectivity index (χ2v) is 5.58. The average molecular weight is 277 g/mol. The minimum atomic E-state index is -0.184. The lowest BCUT2D eigenvalue weighted by molar-refractivity contribution is 0.102. The van der Waals surface area contributed by atoms with Crippen LogP contribution in [0.25, 0.3) is 0 Å². The van der Waals surface area contributed by atoms with Crippen molar-refractivity contribution in [1.29, 1.82) is 0 Å². The second kappa shape index (κ2) is 5.08. The lowest BCUT2D eigenvalue weighted by Gasteiger charge is -2.02. The SMILES string of the molecule is Cn1nc(C2CCCC2)cc1NC(=O)c1cnns1. The number of carbonyl (C=O) groups excluding carboxylic acids is 1. The predicted molar refractivity (Wildman–Crippen MR) is 72.3 cm³/mol. The minimum absolute atomic E-state index is 0.184. The van der Waals surface area contributed by atoms with Gasteiger partial charge in [-0.3, -0.25) is 9.48 Å². The molecule has 1 aliphatic carbocycles. The van der Waals surface area contributed by atoms with Crippen LogP contribution in [0.2, 0.25) is 0 Å². The molecule has 0 radical (unpaired) electrons. The largest absolute Gasteiger partial charge is 0.306 e. The zero-order valence-corrected chi connectivity index (χ0v) is 11.5. The molecule has 0 atom stereocenters. The van der Waals surface area contributed by atoms with Crippen LogP contribution in [0.1, 0.15) is 47.0 Å². The fourth-order valence-electron chi connectivity index (χ4n) is 2.47. The van der Waals surface area contributed by atoms with Crippen LogP contribution < -0.4 is 5.32 Å². The summed E-state index contributed by atoms with van der Waals surface area (Å²) in [7, 11) is 1.85. The normalized spacial score (nSPS) is 15.8. The number of aryl methyl sites for hydroxylation is 1. The summed E-state index contributed by atoms with van der Waals surface area (Å²) in [6.07, 6.45) is 6.41. The van der Waals surface area contributed by atoms with Gasteiger partial charge in [0.15, 0.2) is 0 Å². The molecule has 7 heteroatoms. The van der Waals surface area contributed by atoms with E-state index in [9.17, 15) is 4.79 Å². The van der Waals surface area contributed by atoms with Crippen molar-refractivity contribution in [3.63, 3.8) is 0 Å². The van der Waals surface area contributed by atoms with Crippen LogP contribution in [0.5, 0.6) is 0 Å². The van der Waals surface area contributed by atoms with Gasteiger partial charge in [-0.15, -0.1) is 5.10 Å². The molecule has 0 bridgehead atoms. The summed E-state index contributed by atoms with van der Waals surface area (Å²) in [6.45, 7) is 0. The standard InChI is InChI=1S/C12H15N5OS/c1-17-11(14-12(18)10-7-13-16-19-10)6-9(15-17)8-4-2-3-5-8/h6-8H,2-5H2,1H3,(H,14,18). The van der Waals surface area contributed by atoms with E-state index in [0.717, 1.165) is 23.0 Å². The van der Waals surface area contributed by atoms with Crippen molar-refractivity contribution in [2.24, 2.45) is 7.05 Å². The Morgan fingerprint density at radius 2 is 2.26 bits per heavy atom. The van der Waals surface area contributed by atoms with E-state index in [2.05, 4.69) is 20.0 Å². The Morgan fingerprint density at radius 1 is 1.47 bits per heavy atom. The van der Waals surface area contributed by atoms with E-state index in [0.29, 0.717) is 10.8 Å². The number of hydrogen-bond donors (Lipinski definition) is 1. The van der Waals surface area contributed by atoms with Crippen LogP contribution in [0.4, 0.5) is 5.82 Å². The highest BCUT2D eigenvalue weighted by atomic mass is 32.1. The molecule has 6 nitrogen and oxygen atoms in total. The Bertz CT molecular complexity index is 571. The molecule has 1 fully saturated rings. The lowest BCUT2D eigenvalue weighted by Crippen LogP contribution is -2.13. The van der Waals surface area contributed by atoms with Crippen molar-refractivity contribution >= 4 is 23.3 Å². The van der Waals surface area contributed by atoms with Gasteiger partial charge < -0.3 is 5.32 Å². The van der Waals surface area contributed by atoms with Crippen molar-refractivity contribution in [1.82, 2.24) is 19.4 Å². The maximum Gasteiger partial charge on any atom is 0.270 e. The molecule has 2 aromatic heterocycles. The third-order valence-corrected chi connectivity index (χ3v) is 4.16. The van der Waals surface area contributed by atoms with E-state index in [1.165, 1.54) is 31.9 Å². The number of amides is 1. The smallest absolute Gasteiger partial charge is 0.270 e. The van der Waals surface area contributed by atoms with Gasteiger partial charge in [0.05, 0.1) is 11.9 Å². The molecular formula is C12H15N5OS. The van der Waals surface area contributed by atoms with Crippen molar-refractivity contribution < 1.29 is 4.79 Å². The third-order valence-electron chi connectivity index (χ3n) is 3.50. The maximum absolute atomic E-state index is 11.9. The molecule has 0 unspecified atom stereocenters. The van der Waals surface area contributed by atoms with E-state index in [-0.39, 0.29) is 5.91 Å². The highest BCUT2D eigenvalue weighted by molar-refractivity contribution is 7.07. The molecule has 0 aliphatic heterocycles. The lowest BCUT2D eigenvalue weighted by atomic mass is 10.0. The maximum atomic E-state index is 11.9. The number of rotatable bonds is 3. The van der Waals surface area contributed by atoms with Gasteiger partial charge in [-0.05, 0) is 24.4 Å². The van der Waals surface area contributed by atoms with E-state index >= 15 is 0 Å². The van der Waals surface area contributed by atoms with E-state index in [1.54, 1.807) is 4.68 Å². The third kappa shape index (κ3) is 2.51.